The van der Waals surface area contributed by atoms with Crippen LogP contribution in [0.2, 0.25) is 0 Å². The van der Waals surface area contributed by atoms with Gasteiger partial charge in [-0.05, 0) is 13.8 Å². The van der Waals surface area contributed by atoms with Crippen LogP contribution in [0.5, 0.6) is 0 Å². The number of carboxylic acids is 1. The maximum atomic E-state index is 11.9. The number of hydrogen-bond donors (Lipinski definition) is 2. The van der Waals surface area contributed by atoms with Crippen LogP contribution in [0.3, 0.4) is 0 Å². The van der Waals surface area contributed by atoms with Crippen molar-refractivity contribution in [1.29, 1.82) is 0 Å². The first-order valence-electron chi connectivity index (χ1n) is 5.71. The smallest absolute Gasteiger partial charge is 0.325 e. The number of carboxylic acid groups (broad SMARTS) is 1. The minimum atomic E-state index is -1.07. The Balaban J connectivity index is 4.52. The first-order chi connectivity index (χ1) is 8.43. The molecule has 0 fully saturated rings. The van der Waals surface area contributed by atoms with Crippen LogP contribution in [0.4, 0.5) is 4.79 Å². The average molecular weight is 262 g/mol. The third-order valence-electron chi connectivity index (χ3n) is 2.45. The van der Waals surface area contributed by atoms with Gasteiger partial charge >= 0.3 is 12.0 Å². The van der Waals surface area contributed by atoms with Crippen molar-refractivity contribution >= 4 is 12.0 Å². The number of carbonyl (C=O) groups is 2. The number of urea groups is 1. The van der Waals surface area contributed by atoms with Gasteiger partial charge in [-0.15, -0.1) is 0 Å². The molecule has 0 rings (SSSR count). The van der Waals surface area contributed by atoms with E-state index >= 15 is 0 Å². The van der Waals surface area contributed by atoms with E-state index in [0.29, 0.717) is 19.8 Å². The molecule has 18 heavy (non-hydrogen) atoms. The Labute approximate surface area is 107 Å². The van der Waals surface area contributed by atoms with Crippen LogP contribution in [0.1, 0.15) is 13.8 Å². The maximum Gasteiger partial charge on any atom is 0.325 e. The Morgan fingerprint density at radius 1 is 1.28 bits per heavy atom. The van der Waals surface area contributed by atoms with Crippen LogP contribution in [0.25, 0.3) is 0 Å². The molecule has 0 aromatic carbocycles. The third-order valence-corrected chi connectivity index (χ3v) is 2.45. The maximum absolute atomic E-state index is 11.9. The fourth-order valence-electron chi connectivity index (χ4n) is 1.37. The summed E-state index contributed by atoms with van der Waals surface area (Å²) in [5.41, 5.74) is 0. The first-order valence-corrected chi connectivity index (χ1v) is 5.71. The van der Waals surface area contributed by atoms with Crippen LogP contribution in [0.15, 0.2) is 0 Å². The highest BCUT2D eigenvalue weighted by Gasteiger charge is 2.23. The molecule has 0 aliphatic rings. The average Bonchev–Trinajstić information content (AvgIpc) is 2.29. The van der Waals surface area contributed by atoms with Gasteiger partial charge in [0, 0.05) is 20.8 Å². The fraction of sp³-hybridized carbons (Fsp3) is 0.818. The molecule has 0 aromatic rings. The molecule has 0 spiro atoms. The van der Waals surface area contributed by atoms with Gasteiger partial charge < -0.3 is 24.8 Å². The summed E-state index contributed by atoms with van der Waals surface area (Å²) in [4.78, 5) is 24.1. The molecule has 0 aromatic heterocycles. The molecular formula is C11H22N2O5. The van der Waals surface area contributed by atoms with E-state index in [2.05, 4.69) is 5.32 Å². The molecule has 0 aliphatic carbocycles. The van der Waals surface area contributed by atoms with E-state index in [1.165, 1.54) is 18.9 Å². The van der Waals surface area contributed by atoms with E-state index in [1.54, 1.807) is 7.11 Å². The third kappa shape index (κ3) is 5.83. The molecule has 0 heterocycles. The number of amides is 2. The van der Waals surface area contributed by atoms with Crippen molar-refractivity contribution in [3.8, 4) is 0 Å². The first kappa shape index (κ1) is 16.7. The highest BCUT2D eigenvalue weighted by atomic mass is 16.5. The van der Waals surface area contributed by atoms with Crippen molar-refractivity contribution in [2.24, 2.45) is 0 Å². The summed E-state index contributed by atoms with van der Waals surface area (Å²) in [7, 11) is 3.08. The lowest BCUT2D eigenvalue weighted by atomic mass is 10.3. The van der Waals surface area contributed by atoms with Crippen LogP contribution in [0, 0.1) is 0 Å². The summed E-state index contributed by atoms with van der Waals surface area (Å²) in [6.07, 6.45) is 0. The number of ether oxygens (including phenoxy) is 2. The number of hydrogen-bond acceptors (Lipinski definition) is 4. The highest BCUT2D eigenvalue weighted by Crippen LogP contribution is 2.01. The molecule has 2 amide bonds. The molecule has 0 aliphatic heterocycles. The molecule has 2 N–H and O–H groups in total. The Morgan fingerprint density at radius 3 is 2.33 bits per heavy atom. The van der Waals surface area contributed by atoms with E-state index in [4.69, 9.17) is 14.6 Å². The number of nitrogens with zero attached hydrogens (tertiary/aromatic N) is 1. The number of rotatable bonds is 8. The van der Waals surface area contributed by atoms with Crippen molar-refractivity contribution < 1.29 is 24.2 Å². The Kier molecular flexibility index (Phi) is 8.06. The van der Waals surface area contributed by atoms with E-state index in [-0.39, 0.29) is 6.04 Å². The van der Waals surface area contributed by atoms with E-state index < -0.39 is 18.0 Å². The number of carbonyl (C=O) groups excluding carboxylic acids is 1. The standard InChI is InChI=1S/C11H22N2O5/c1-8(7-18-4)13(5-6-17-3)11(16)12-9(2)10(14)15/h8-9H,5-7H2,1-4H3,(H,12,16)(H,14,15)/t8?,9-/m1/s1. The van der Waals surface area contributed by atoms with Crippen LogP contribution in [-0.2, 0) is 14.3 Å². The van der Waals surface area contributed by atoms with Gasteiger partial charge in [-0.3, -0.25) is 4.79 Å². The SMILES string of the molecule is COCCN(C(=O)N[C@H](C)C(=O)O)C(C)COC. The number of aliphatic carboxylic acids is 1. The second-order valence-electron chi connectivity index (χ2n) is 4.00. The minimum Gasteiger partial charge on any atom is -0.480 e. The summed E-state index contributed by atoms with van der Waals surface area (Å²) >= 11 is 0. The Bertz CT molecular complexity index is 272. The van der Waals surface area contributed by atoms with E-state index in [9.17, 15) is 9.59 Å². The molecule has 0 saturated carbocycles. The second kappa shape index (κ2) is 8.71. The minimum absolute atomic E-state index is 0.161. The second-order valence-corrected chi connectivity index (χ2v) is 4.00. The molecular weight excluding hydrogens is 240 g/mol. The van der Waals surface area contributed by atoms with Gasteiger partial charge in [0.1, 0.15) is 6.04 Å². The van der Waals surface area contributed by atoms with Gasteiger partial charge in [-0.25, -0.2) is 4.79 Å². The number of methoxy groups -OCH3 is 2. The predicted octanol–water partition coefficient (Wildman–Crippen LogP) is 0.152. The highest BCUT2D eigenvalue weighted by molar-refractivity contribution is 5.82. The van der Waals surface area contributed by atoms with Gasteiger partial charge in [-0.1, -0.05) is 0 Å². The zero-order valence-corrected chi connectivity index (χ0v) is 11.3. The van der Waals surface area contributed by atoms with Crippen LogP contribution >= 0.6 is 0 Å². The topological polar surface area (TPSA) is 88.1 Å². The van der Waals surface area contributed by atoms with Gasteiger partial charge in [0.15, 0.2) is 0 Å². The molecule has 2 atom stereocenters. The van der Waals surface area contributed by atoms with Crippen molar-refractivity contribution in [2.75, 3.05) is 34.0 Å². The number of nitrogens with one attached hydrogen (secondary N) is 1. The molecule has 106 valence electrons. The fourth-order valence-corrected chi connectivity index (χ4v) is 1.37. The zero-order valence-electron chi connectivity index (χ0n) is 11.3. The zero-order chi connectivity index (χ0) is 14.1. The van der Waals surface area contributed by atoms with Crippen molar-refractivity contribution in [3.63, 3.8) is 0 Å². The van der Waals surface area contributed by atoms with Gasteiger partial charge in [0.2, 0.25) is 0 Å². The molecule has 1 unspecified atom stereocenters. The molecule has 7 heteroatoms. The predicted molar refractivity (Wildman–Crippen MR) is 65.5 cm³/mol. The Hall–Kier alpha value is -1.34. The summed E-state index contributed by atoms with van der Waals surface area (Å²) in [5, 5.41) is 11.2. The monoisotopic (exact) mass is 262 g/mol. The van der Waals surface area contributed by atoms with E-state index in [0.717, 1.165) is 0 Å². The largest absolute Gasteiger partial charge is 0.480 e. The summed E-state index contributed by atoms with van der Waals surface area (Å²) in [6, 6.07) is -1.53. The normalized spacial score (nSPS) is 13.8. The van der Waals surface area contributed by atoms with Crippen molar-refractivity contribution in [3.05, 3.63) is 0 Å². The van der Waals surface area contributed by atoms with Gasteiger partial charge in [0.05, 0.1) is 19.3 Å². The quantitative estimate of drug-likeness (QED) is 0.650. The van der Waals surface area contributed by atoms with Gasteiger partial charge in [0.25, 0.3) is 0 Å². The summed E-state index contributed by atoms with van der Waals surface area (Å²) in [5.74, 6) is -1.07. The molecule has 0 bridgehead atoms. The van der Waals surface area contributed by atoms with Crippen LogP contribution < -0.4 is 5.32 Å². The molecule has 0 saturated heterocycles. The van der Waals surface area contributed by atoms with Crippen LogP contribution in [-0.4, -0.2) is 68.1 Å². The van der Waals surface area contributed by atoms with Gasteiger partial charge in [-0.2, -0.15) is 0 Å². The van der Waals surface area contributed by atoms with Crippen molar-refractivity contribution in [2.45, 2.75) is 25.9 Å². The van der Waals surface area contributed by atoms with Crippen molar-refractivity contribution in [1.82, 2.24) is 10.2 Å². The molecule has 7 nitrogen and oxygen atoms in total. The summed E-state index contributed by atoms with van der Waals surface area (Å²) < 4.78 is 9.91. The Morgan fingerprint density at radius 2 is 1.89 bits per heavy atom. The lowest BCUT2D eigenvalue weighted by Crippen LogP contribution is -2.51. The lowest BCUT2D eigenvalue weighted by Gasteiger charge is -2.29. The van der Waals surface area contributed by atoms with E-state index in [1.807, 2.05) is 6.92 Å². The lowest BCUT2D eigenvalue weighted by molar-refractivity contribution is -0.138. The molecule has 0 radical (unpaired) electrons. The summed E-state index contributed by atoms with van der Waals surface area (Å²) in [6.45, 7) is 4.36.